The maximum Gasteiger partial charge on any atom is 0.308 e. The first kappa shape index (κ1) is 16.8. The van der Waals surface area contributed by atoms with Crippen molar-refractivity contribution in [2.75, 3.05) is 6.26 Å². The number of esters is 1. The highest BCUT2D eigenvalue weighted by molar-refractivity contribution is 7.93. The third kappa shape index (κ3) is 4.23. The topological polar surface area (TPSA) is 72.8 Å². The van der Waals surface area contributed by atoms with Crippen LogP contribution in [0.2, 0.25) is 0 Å². The molecule has 2 aromatic rings. The molecule has 23 heavy (non-hydrogen) atoms. The van der Waals surface area contributed by atoms with E-state index in [1.807, 2.05) is 0 Å². The molecule has 2 aromatic carbocycles. The highest BCUT2D eigenvalue weighted by atomic mass is 32.2. The second-order valence-electron chi connectivity index (χ2n) is 4.75. The quantitative estimate of drug-likeness (QED) is 0.638. The lowest BCUT2D eigenvalue weighted by atomic mass is 10.2. The van der Waals surface area contributed by atoms with Crippen molar-refractivity contribution in [2.24, 2.45) is 4.36 Å². The van der Waals surface area contributed by atoms with E-state index in [1.54, 1.807) is 30.3 Å². The molecular formula is C16H14FNO4S. The van der Waals surface area contributed by atoms with Crippen LogP contribution in [-0.4, -0.2) is 22.3 Å². The van der Waals surface area contributed by atoms with E-state index >= 15 is 0 Å². The molecule has 1 unspecified atom stereocenters. The third-order valence-corrected chi connectivity index (χ3v) is 4.52. The SMILES string of the molecule is CC(=O)Oc1ccc(F)cc1C(=O)N=S(C)(=O)c1ccccc1. The number of benzene rings is 2. The lowest BCUT2D eigenvalue weighted by molar-refractivity contribution is -0.131. The molecule has 0 heterocycles. The highest BCUT2D eigenvalue weighted by Gasteiger charge is 2.17. The van der Waals surface area contributed by atoms with Crippen molar-refractivity contribution >= 4 is 21.6 Å². The third-order valence-electron chi connectivity index (χ3n) is 2.86. The van der Waals surface area contributed by atoms with Gasteiger partial charge in [-0.15, -0.1) is 0 Å². The van der Waals surface area contributed by atoms with Crippen LogP contribution in [0.4, 0.5) is 4.39 Å². The zero-order valence-corrected chi connectivity index (χ0v) is 13.3. The molecule has 0 N–H and O–H groups in total. The minimum atomic E-state index is -3.00. The minimum absolute atomic E-state index is 0.129. The van der Waals surface area contributed by atoms with Crippen LogP contribution in [-0.2, 0) is 14.5 Å². The number of nitrogens with zero attached hydrogens (tertiary/aromatic N) is 1. The van der Waals surface area contributed by atoms with Gasteiger partial charge in [0, 0.05) is 18.1 Å². The van der Waals surface area contributed by atoms with Crippen molar-refractivity contribution < 1.29 is 22.9 Å². The van der Waals surface area contributed by atoms with Gasteiger partial charge in [0.05, 0.1) is 15.3 Å². The van der Waals surface area contributed by atoms with Gasteiger partial charge in [-0.3, -0.25) is 9.59 Å². The molecule has 1 atom stereocenters. The fourth-order valence-electron chi connectivity index (χ4n) is 1.85. The molecule has 5 nitrogen and oxygen atoms in total. The van der Waals surface area contributed by atoms with E-state index in [0.29, 0.717) is 4.90 Å². The summed E-state index contributed by atoms with van der Waals surface area (Å²) in [6.45, 7) is 1.15. The summed E-state index contributed by atoms with van der Waals surface area (Å²) in [5, 5.41) is 0. The first-order chi connectivity index (χ1) is 10.8. The van der Waals surface area contributed by atoms with E-state index in [1.165, 1.54) is 6.26 Å². The lowest BCUT2D eigenvalue weighted by Crippen LogP contribution is -2.09. The summed E-state index contributed by atoms with van der Waals surface area (Å²) >= 11 is 0. The molecule has 0 saturated heterocycles. The Hall–Kier alpha value is -2.54. The Morgan fingerprint density at radius 1 is 1.13 bits per heavy atom. The van der Waals surface area contributed by atoms with Gasteiger partial charge < -0.3 is 4.74 Å². The van der Waals surface area contributed by atoms with Crippen LogP contribution in [0.25, 0.3) is 0 Å². The van der Waals surface area contributed by atoms with E-state index in [9.17, 15) is 18.2 Å². The maximum atomic E-state index is 13.4. The summed E-state index contributed by atoms with van der Waals surface area (Å²) in [7, 11) is -3.00. The molecule has 2 rings (SSSR count). The van der Waals surface area contributed by atoms with Crippen LogP contribution in [0.1, 0.15) is 17.3 Å². The van der Waals surface area contributed by atoms with Crippen molar-refractivity contribution in [1.82, 2.24) is 0 Å². The van der Waals surface area contributed by atoms with E-state index in [2.05, 4.69) is 4.36 Å². The van der Waals surface area contributed by atoms with Crippen LogP contribution >= 0.6 is 0 Å². The predicted molar refractivity (Wildman–Crippen MR) is 83.2 cm³/mol. The summed E-state index contributed by atoms with van der Waals surface area (Å²) in [5.41, 5.74) is -0.259. The number of rotatable bonds is 3. The average Bonchev–Trinajstić information content (AvgIpc) is 2.49. The second-order valence-corrected chi connectivity index (χ2v) is 7.01. The van der Waals surface area contributed by atoms with Gasteiger partial charge in [0.2, 0.25) is 0 Å². The number of ether oxygens (including phenoxy) is 1. The van der Waals surface area contributed by atoms with Gasteiger partial charge in [-0.25, -0.2) is 8.60 Å². The normalized spacial score (nSPS) is 13.0. The van der Waals surface area contributed by atoms with Crippen LogP contribution in [0.15, 0.2) is 57.8 Å². The average molecular weight is 335 g/mol. The van der Waals surface area contributed by atoms with Crippen LogP contribution in [0.5, 0.6) is 5.75 Å². The van der Waals surface area contributed by atoms with Crippen molar-refractivity contribution in [3.05, 3.63) is 59.9 Å². The summed E-state index contributed by atoms with van der Waals surface area (Å²) in [5.74, 6) is -2.40. The van der Waals surface area contributed by atoms with Gasteiger partial charge in [0.25, 0.3) is 5.91 Å². The molecule has 0 radical (unpaired) electrons. The van der Waals surface area contributed by atoms with Gasteiger partial charge in [-0.05, 0) is 30.3 Å². The molecule has 7 heteroatoms. The molecule has 0 aromatic heterocycles. The summed E-state index contributed by atoms with van der Waals surface area (Å²) in [6, 6.07) is 11.3. The van der Waals surface area contributed by atoms with Crippen LogP contribution in [0.3, 0.4) is 0 Å². The molecule has 1 amide bonds. The molecule has 0 aliphatic carbocycles. The van der Waals surface area contributed by atoms with E-state index < -0.39 is 27.4 Å². The molecule has 0 saturated carbocycles. The zero-order chi connectivity index (χ0) is 17.0. The smallest absolute Gasteiger partial charge is 0.308 e. The van der Waals surface area contributed by atoms with Gasteiger partial charge in [-0.1, -0.05) is 18.2 Å². The van der Waals surface area contributed by atoms with Gasteiger partial charge in [-0.2, -0.15) is 4.36 Å². The molecular weight excluding hydrogens is 321 g/mol. The maximum absolute atomic E-state index is 13.4. The lowest BCUT2D eigenvalue weighted by Gasteiger charge is -2.07. The summed E-state index contributed by atoms with van der Waals surface area (Å²) in [4.78, 5) is 23.7. The fourth-order valence-corrected chi connectivity index (χ4v) is 3.03. The van der Waals surface area contributed by atoms with Gasteiger partial charge in [0.15, 0.2) is 0 Å². The molecule has 0 fully saturated rings. The second kappa shape index (κ2) is 6.70. The van der Waals surface area contributed by atoms with E-state index in [4.69, 9.17) is 4.74 Å². The van der Waals surface area contributed by atoms with E-state index in [0.717, 1.165) is 25.1 Å². The first-order valence-electron chi connectivity index (χ1n) is 6.59. The van der Waals surface area contributed by atoms with E-state index in [-0.39, 0.29) is 11.3 Å². The van der Waals surface area contributed by atoms with Crippen LogP contribution < -0.4 is 4.74 Å². The largest absolute Gasteiger partial charge is 0.426 e. The van der Waals surface area contributed by atoms with Crippen molar-refractivity contribution in [1.29, 1.82) is 0 Å². The Kier molecular flexibility index (Phi) is 4.90. The molecule has 0 aliphatic rings. The van der Waals surface area contributed by atoms with Gasteiger partial charge in [0.1, 0.15) is 11.6 Å². The first-order valence-corrected chi connectivity index (χ1v) is 8.51. The number of halogens is 1. The number of hydrogen-bond donors (Lipinski definition) is 0. The van der Waals surface area contributed by atoms with Crippen LogP contribution in [0, 0.1) is 5.82 Å². The Morgan fingerprint density at radius 3 is 2.39 bits per heavy atom. The molecule has 120 valence electrons. The summed E-state index contributed by atoms with van der Waals surface area (Å²) < 4.78 is 34.5. The monoisotopic (exact) mass is 335 g/mol. The Morgan fingerprint density at radius 2 is 1.78 bits per heavy atom. The van der Waals surface area contributed by atoms with Crippen molar-refractivity contribution in [3.63, 3.8) is 0 Å². The molecule has 0 aliphatic heterocycles. The summed E-state index contributed by atoms with van der Waals surface area (Å²) in [6.07, 6.45) is 1.31. The Bertz CT molecular complexity index is 871. The number of hydrogen-bond acceptors (Lipinski definition) is 4. The highest BCUT2D eigenvalue weighted by Crippen LogP contribution is 2.22. The predicted octanol–water partition coefficient (Wildman–Crippen LogP) is 3.05. The van der Waals surface area contributed by atoms with Gasteiger partial charge >= 0.3 is 5.97 Å². The zero-order valence-electron chi connectivity index (χ0n) is 12.5. The standard InChI is InChI=1S/C16H14FNO4S/c1-11(19)22-15-9-8-12(17)10-14(15)16(20)18-23(2,21)13-6-4-3-5-7-13/h3-10H,1-2H3. The number of carbonyl (C=O) groups excluding carboxylic acids is 2. The fraction of sp³-hybridized carbons (Fsp3) is 0.125. The van der Waals surface area contributed by atoms with Crippen molar-refractivity contribution in [2.45, 2.75) is 11.8 Å². The number of carbonyl (C=O) groups is 2. The Labute approximate surface area is 133 Å². The van der Waals surface area contributed by atoms with Crippen molar-refractivity contribution in [3.8, 4) is 5.75 Å². The molecule has 0 spiro atoms. The Balaban J connectivity index is 2.49. The molecule has 0 bridgehead atoms. The minimum Gasteiger partial charge on any atom is -0.426 e. The number of amides is 1.